The van der Waals surface area contributed by atoms with E-state index >= 15 is 0 Å². The van der Waals surface area contributed by atoms with Gasteiger partial charge in [-0.15, -0.1) is 11.6 Å². The fourth-order valence-corrected chi connectivity index (χ4v) is 3.58. The summed E-state index contributed by atoms with van der Waals surface area (Å²) in [6.07, 6.45) is 1.52. The molecule has 1 aromatic carbocycles. The van der Waals surface area contributed by atoms with Gasteiger partial charge in [0.05, 0.1) is 10.6 Å². The van der Waals surface area contributed by atoms with Crippen LogP contribution in [0.5, 0.6) is 0 Å². The van der Waals surface area contributed by atoms with Gasteiger partial charge in [0.25, 0.3) is 0 Å². The van der Waals surface area contributed by atoms with E-state index in [4.69, 9.17) is 11.6 Å². The maximum absolute atomic E-state index is 12.0. The average molecular weight is 340 g/mol. The van der Waals surface area contributed by atoms with Gasteiger partial charge in [-0.05, 0) is 43.0 Å². The van der Waals surface area contributed by atoms with Crippen LogP contribution in [0.25, 0.3) is 0 Å². The highest BCUT2D eigenvalue weighted by atomic mass is 79.9. The Kier molecular flexibility index (Phi) is 5.97. The molecular weight excluding hydrogens is 324 g/mol. The van der Waals surface area contributed by atoms with Crippen molar-refractivity contribution >= 4 is 37.4 Å². The average Bonchev–Trinajstić information content (AvgIpc) is 2.28. The Balaban J connectivity index is 2.66. The number of alkyl halides is 1. The number of sulfone groups is 1. The maximum Gasteiger partial charge on any atom is 0.178 e. The lowest BCUT2D eigenvalue weighted by atomic mass is 10.1. The molecule has 2 nitrogen and oxygen atoms in total. The van der Waals surface area contributed by atoms with E-state index in [-0.39, 0.29) is 5.75 Å². The SMILES string of the molecule is CC(CCCl)CCS(=O)(=O)c1ccc(Br)cc1. The van der Waals surface area contributed by atoms with E-state index in [9.17, 15) is 8.42 Å². The van der Waals surface area contributed by atoms with E-state index in [1.807, 2.05) is 6.92 Å². The van der Waals surface area contributed by atoms with Crippen LogP contribution >= 0.6 is 27.5 Å². The number of rotatable bonds is 6. The molecule has 1 unspecified atom stereocenters. The fourth-order valence-electron chi connectivity index (χ4n) is 1.45. The van der Waals surface area contributed by atoms with Gasteiger partial charge in [0.2, 0.25) is 0 Å². The first-order chi connectivity index (χ1) is 7.95. The van der Waals surface area contributed by atoms with Crippen molar-refractivity contribution in [1.82, 2.24) is 0 Å². The third-order valence-electron chi connectivity index (χ3n) is 2.65. The van der Waals surface area contributed by atoms with Crippen LogP contribution in [-0.2, 0) is 9.84 Å². The molecule has 0 aliphatic heterocycles. The standard InChI is InChI=1S/C12H16BrClO2S/c1-10(6-8-14)7-9-17(15,16)12-4-2-11(13)3-5-12/h2-5,10H,6-9H2,1H3. The van der Waals surface area contributed by atoms with E-state index in [1.165, 1.54) is 0 Å². The van der Waals surface area contributed by atoms with Crippen LogP contribution in [0.1, 0.15) is 19.8 Å². The summed E-state index contributed by atoms with van der Waals surface area (Å²) in [5.41, 5.74) is 0. The fraction of sp³-hybridized carbons (Fsp3) is 0.500. The Bertz CT molecular complexity index is 442. The quantitative estimate of drug-likeness (QED) is 0.737. The number of hydrogen-bond donors (Lipinski definition) is 0. The minimum absolute atomic E-state index is 0.187. The van der Waals surface area contributed by atoms with E-state index in [0.717, 1.165) is 10.9 Å². The maximum atomic E-state index is 12.0. The molecule has 0 aliphatic rings. The van der Waals surface area contributed by atoms with E-state index in [2.05, 4.69) is 15.9 Å². The Morgan fingerprint density at radius 3 is 2.35 bits per heavy atom. The summed E-state index contributed by atoms with van der Waals surface area (Å²) in [6.45, 7) is 2.03. The van der Waals surface area contributed by atoms with Crippen LogP contribution in [-0.4, -0.2) is 20.1 Å². The number of halogens is 2. The summed E-state index contributed by atoms with van der Waals surface area (Å²) in [5.74, 6) is 1.12. The highest BCUT2D eigenvalue weighted by molar-refractivity contribution is 9.10. The van der Waals surface area contributed by atoms with Crippen molar-refractivity contribution in [3.8, 4) is 0 Å². The van der Waals surface area contributed by atoms with Gasteiger partial charge in [-0.25, -0.2) is 8.42 Å². The van der Waals surface area contributed by atoms with Crippen molar-refractivity contribution in [3.05, 3.63) is 28.7 Å². The normalized spacial score (nSPS) is 13.6. The topological polar surface area (TPSA) is 34.1 Å². The summed E-state index contributed by atoms with van der Waals surface area (Å²) < 4.78 is 24.9. The van der Waals surface area contributed by atoms with Crippen molar-refractivity contribution in [3.63, 3.8) is 0 Å². The molecule has 0 aliphatic carbocycles. The first-order valence-electron chi connectivity index (χ1n) is 5.50. The minimum Gasteiger partial charge on any atom is -0.224 e. The number of hydrogen-bond acceptors (Lipinski definition) is 2. The van der Waals surface area contributed by atoms with Crippen LogP contribution in [0.15, 0.2) is 33.6 Å². The first-order valence-corrected chi connectivity index (χ1v) is 8.48. The molecule has 0 amide bonds. The molecule has 96 valence electrons. The molecule has 0 aromatic heterocycles. The molecule has 1 aromatic rings. The van der Waals surface area contributed by atoms with Crippen LogP contribution in [0.4, 0.5) is 0 Å². The van der Waals surface area contributed by atoms with Crippen molar-refractivity contribution in [2.45, 2.75) is 24.7 Å². The summed E-state index contributed by atoms with van der Waals surface area (Å²) in [6, 6.07) is 6.75. The van der Waals surface area contributed by atoms with Crippen molar-refractivity contribution in [1.29, 1.82) is 0 Å². The molecular formula is C12H16BrClO2S. The zero-order chi connectivity index (χ0) is 12.9. The summed E-state index contributed by atoms with van der Waals surface area (Å²) in [5, 5.41) is 0. The smallest absolute Gasteiger partial charge is 0.178 e. The lowest BCUT2D eigenvalue weighted by Crippen LogP contribution is -2.10. The van der Waals surface area contributed by atoms with Gasteiger partial charge in [0, 0.05) is 10.4 Å². The molecule has 0 N–H and O–H groups in total. The van der Waals surface area contributed by atoms with Crippen LogP contribution in [0.2, 0.25) is 0 Å². The highest BCUT2D eigenvalue weighted by Crippen LogP contribution is 2.18. The van der Waals surface area contributed by atoms with Gasteiger partial charge in [0.15, 0.2) is 9.84 Å². The molecule has 0 spiro atoms. The molecule has 0 bridgehead atoms. The molecule has 0 saturated heterocycles. The molecule has 17 heavy (non-hydrogen) atoms. The zero-order valence-electron chi connectivity index (χ0n) is 9.70. The third-order valence-corrected chi connectivity index (χ3v) is 5.16. The van der Waals surface area contributed by atoms with Crippen LogP contribution in [0, 0.1) is 5.92 Å². The molecule has 0 radical (unpaired) electrons. The highest BCUT2D eigenvalue weighted by Gasteiger charge is 2.15. The van der Waals surface area contributed by atoms with Gasteiger partial charge >= 0.3 is 0 Å². The Labute approximate surface area is 116 Å². The van der Waals surface area contributed by atoms with Gasteiger partial charge in [-0.2, -0.15) is 0 Å². The van der Waals surface area contributed by atoms with E-state index in [0.29, 0.717) is 23.1 Å². The van der Waals surface area contributed by atoms with E-state index < -0.39 is 9.84 Å². The van der Waals surface area contributed by atoms with Crippen molar-refractivity contribution in [2.24, 2.45) is 5.92 Å². The summed E-state index contributed by atoms with van der Waals surface area (Å²) in [4.78, 5) is 0.388. The monoisotopic (exact) mass is 338 g/mol. The molecule has 0 heterocycles. The third kappa shape index (κ3) is 4.98. The summed E-state index contributed by atoms with van der Waals surface area (Å²) in [7, 11) is -3.15. The second-order valence-corrected chi connectivity index (χ2v) is 7.55. The second-order valence-electron chi connectivity index (χ2n) is 4.14. The second kappa shape index (κ2) is 6.76. The predicted molar refractivity (Wildman–Crippen MR) is 75.3 cm³/mol. The Morgan fingerprint density at radius 1 is 1.24 bits per heavy atom. The lowest BCUT2D eigenvalue weighted by molar-refractivity contribution is 0.534. The van der Waals surface area contributed by atoms with Crippen LogP contribution in [0.3, 0.4) is 0 Å². The summed E-state index contributed by atoms with van der Waals surface area (Å²) >= 11 is 8.91. The minimum atomic E-state index is -3.15. The predicted octanol–water partition coefficient (Wildman–Crippen LogP) is 3.88. The van der Waals surface area contributed by atoms with Gasteiger partial charge in [-0.1, -0.05) is 22.9 Å². The van der Waals surface area contributed by atoms with Crippen molar-refractivity contribution < 1.29 is 8.42 Å². The molecule has 5 heteroatoms. The molecule has 1 rings (SSSR count). The molecule has 0 saturated carbocycles. The number of benzene rings is 1. The molecule has 0 fully saturated rings. The zero-order valence-corrected chi connectivity index (χ0v) is 12.9. The van der Waals surface area contributed by atoms with Gasteiger partial charge in [-0.3, -0.25) is 0 Å². The van der Waals surface area contributed by atoms with Gasteiger partial charge < -0.3 is 0 Å². The van der Waals surface area contributed by atoms with Gasteiger partial charge in [0.1, 0.15) is 0 Å². The van der Waals surface area contributed by atoms with Crippen molar-refractivity contribution in [2.75, 3.05) is 11.6 Å². The molecule has 1 atom stereocenters. The lowest BCUT2D eigenvalue weighted by Gasteiger charge is -2.09. The first kappa shape index (κ1) is 15.0. The largest absolute Gasteiger partial charge is 0.224 e. The van der Waals surface area contributed by atoms with E-state index in [1.54, 1.807) is 24.3 Å². The Hall–Kier alpha value is -0.0600. The van der Waals surface area contributed by atoms with Crippen LogP contribution < -0.4 is 0 Å². The Morgan fingerprint density at radius 2 is 1.82 bits per heavy atom.